The maximum Gasteiger partial charge on any atom is 0.191 e. The first-order valence-corrected chi connectivity index (χ1v) is 8.74. The molecule has 20 heavy (non-hydrogen) atoms. The lowest BCUT2D eigenvalue weighted by Crippen LogP contribution is -2.19. The number of hydrogen-bond donors (Lipinski definition) is 2. The van der Waals surface area contributed by atoms with Crippen molar-refractivity contribution < 1.29 is 0 Å². The second-order valence-corrected chi connectivity index (χ2v) is 6.12. The first-order chi connectivity index (χ1) is 9.58. The van der Waals surface area contributed by atoms with Crippen molar-refractivity contribution in [3.63, 3.8) is 0 Å². The molecule has 1 aromatic rings. The molecular weight excluding hydrogens is 268 g/mol. The largest absolute Gasteiger partial charge is 0.370 e. The smallest absolute Gasteiger partial charge is 0.191 e. The summed E-state index contributed by atoms with van der Waals surface area (Å²) in [6.45, 7) is 9.83. The van der Waals surface area contributed by atoms with Gasteiger partial charge in [-0.05, 0) is 31.9 Å². The second-order valence-electron chi connectivity index (χ2n) is 5.35. The average Bonchev–Trinajstić information content (AvgIpc) is 2.44. The molecule has 0 bridgehead atoms. The van der Waals surface area contributed by atoms with E-state index in [-0.39, 0.29) is 0 Å². The standard InChI is InChI=1S/C15H28N4S/c1-6-8-16-13-10-14(19-15(18-13)20-5)17-12(4)9-11(3)7-2/h10-12H,6-9H2,1-5H3,(H2,16,17,18,19). The summed E-state index contributed by atoms with van der Waals surface area (Å²) in [6.07, 6.45) is 5.47. The summed E-state index contributed by atoms with van der Waals surface area (Å²) in [5.41, 5.74) is 0. The highest BCUT2D eigenvalue weighted by molar-refractivity contribution is 7.98. The van der Waals surface area contributed by atoms with Gasteiger partial charge in [-0.2, -0.15) is 0 Å². The van der Waals surface area contributed by atoms with Crippen molar-refractivity contribution in [2.45, 2.75) is 58.2 Å². The van der Waals surface area contributed by atoms with Crippen LogP contribution in [-0.2, 0) is 0 Å². The van der Waals surface area contributed by atoms with E-state index >= 15 is 0 Å². The molecule has 4 nitrogen and oxygen atoms in total. The van der Waals surface area contributed by atoms with Crippen molar-refractivity contribution in [3.05, 3.63) is 6.07 Å². The van der Waals surface area contributed by atoms with Gasteiger partial charge in [-0.25, -0.2) is 9.97 Å². The van der Waals surface area contributed by atoms with Gasteiger partial charge in [-0.1, -0.05) is 39.0 Å². The van der Waals surface area contributed by atoms with E-state index in [1.54, 1.807) is 11.8 Å². The van der Waals surface area contributed by atoms with Gasteiger partial charge in [-0.3, -0.25) is 0 Å². The Morgan fingerprint density at radius 1 is 1.20 bits per heavy atom. The van der Waals surface area contributed by atoms with Gasteiger partial charge in [0, 0.05) is 18.7 Å². The molecule has 2 atom stereocenters. The van der Waals surface area contributed by atoms with Crippen LogP contribution in [0.5, 0.6) is 0 Å². The van der Waals surface area contributed by atoms with Crippen LogP contribution in [0.2, 0.25) is 0 Å². The molecule has 0 spiro atoms. The number of nitrogens with zero attached hydrogens (tertiary/aromatic N) is 2. The zero-order valence-corrected chi connectivity index (χ0v) is 14.2. The Labute approximate surface area is 127 Å². The molecule has 0 saturated heterocycles. The van der Waals surface area contributed by atoms with Crippen molar-refractivity contribution in [1.82, 2.24) is 9.97 Å². The fourth-order valence-electron chi connectivity index (χ4n) is 2.02. The fourth-order valence-corrected chi connectivity index (χ4v) is 2.39. The molecule has 0 radical (unpaired) electrons. The molecule has 1 heterocycles. The third kappa shape index (κ3) is 5.99. The van der Waals surface area contributed by atoms with Crippen LogP contribution < -0.4 is 10.6 Å². The summed E-state index contributed by atoms with van der Waals surface area (Å²) in [7, 11) is 0. The van der Waals surface area contributed by atoms with E-state index in [9.17, 15) is 0 Å². The molecule has 1 rings (SSSR count). The maximum absolute atomic E-state index is 4.53. The van der Waals surface area contributed by atoms with E-state index in [1.807, 2.05) is 12.3 Å². The Bertz CT molecular complexity index is 397. The first kappa shape index (κ1) is 17.1. The highest BCUT2D eigenvalue weighted by atomic mass is 32.2. The van der Waals surface area contributed by atoms with Crippen LogP contribution in [0.15, 0.2) is 11.2 Å². The number of hydrogen-bond acceptors (Lipinski definition) is 5. The number of thioether (sulfide) groups is 1. The Morgan fingerprint density at radius 3 is 2.50 bits per heavy atom. The van der Waals surface area contributed by atoms with Crippen molar-refractivity contribution in [1.29, 1.82) is 0 Å². The van der Waals surface area contributed by atoms with E-state index in [0.29, 0.717) is 6.04 Å². The van der Waals surface area contributed by atoms with Crippen LogP contribution in [0.25, 0.3) is 0 Å². The highest BCUT2D eigenvalue weighted by Gasteiger charge is 2.10. The molecule has 0 fully saturated rings. The maximum atomic E-state index is 4.53. The lowest BCUT2D eigenvalue weighted by atomic mass is 10.0. The Hall–Kier alpha value is -0.970. The predicted molar refractivity (Wildman–Crippen MR) is 89.8 cm³/mol. The number of anilines is 2. The van der Waals surface area contributed by atoms with Crippen molar-refractivity contribution in [3.8, 4) is 0 Å². The molecular formula is C15H28N4S. The SMILES string of the molecule is CCCNc1cc(NC(C)CC(C)CC)nc(SC)n1. The van der Waals surface area contributed by atoms with Gasteiger partial charge in [0.15, 0.2) is 5.16 Å². The van der Waals surface area contributed by atoms with Crippen LogP contribution >= 0.6 is 11.8 Å². The minimum atomic E-state index is 0.425. The summed E-state index contributed by atoms with van der Waals surface area (Å²) in [6, 6.07) is 2.43. The monoisotopic (exact) mass is 296 g/mol. The van der Waals surface area contributed by atoms with Gasteiger partial charge in [0.05, 0.1) is 0 Å². The van der Waals surface area contributed by atoms with Crippen LogP contribution in [0.3, 0.4) is 0 Å². The van der Waals surface area contributed by atoms with E-state index in [4.69, 9.17) is 0 Å². The van der Waals surface area contributed by atoms with E-state index in [1.165, 1.54) is 6.42 Å². The molecule has 0 amide bonds. The Kier molecular flexibility index (Phi) is 7.73. The van der Waals surface area contributed by atoms with Crippen LogP contribution in [-0.4, -0.2) is 28.8 Å². The third-order valence-corrected chi connectivity index (χ3v) is 3.84. The Balaban J connectivity index is 2.72. The average molecular weight is 296 g/mol. The van der Waals surface area contributed by atoms with Crippen LogP contribution in [0.1, 0.15) is 47.0 Å². The molecule has 5 heteroatoms. The van der Waals surface area contributed by atoms with Crippen molar-refractivity contribution in [2.75, 3.05) is 23.4 Å². The van der Waals surface area contributed by atoms with Gasteiger partial charge in [0.25, 0.3) is 0 Å². The Morgan fingerprint density at radius 2 is 1.90 bits per heavy atom. The topological polar surface area (TPSA) is 49.8 Å². The summed E-state index contributed by atoms with van der Waals surface area (Å²) in [4.78, 5) is 9.01. The fraction of sp³-hybridized carbons (Fsp3) is 0.733. The summed E-state index contributed by atoms with van der Waals surface area (Å²) >= 11 is 1.57. The molecule has 114 valence electrons. The van der Waals surface area contributed by atoms with Gasteiger partial charge >= 0.3 is 0 Å². The van der Waals surface area contributed by atoms with Crippen LogP contribution in [0.4, 0.5) is 11.6 Å². The normalized spacial score (nSPS) is 13.8. The van der Waals surface area contributed by atoms with E-state index < -0.39 is 0 Å². The summed E-state index contributed by atoms with van der Waals surface area (Å²) in [5.74, 6) is 2.56. The second kappa shape index (κ2) is 9.06. The van der Waals surface area contributed by atoms with Gasteiger partial charge in [0.1, 0.15) is 11.6 Å². The van der Waals surface area contributed by atoms with Gasteiger partial charge < -0.3 is 10.6 Å². The minimum absolute atomic E-state index is 0.425. The lowest BCUT2D eigenvalue weighted by molar-refractivity contribution is 0.483. The van der Waals surface area contributed by atoms with Gasteiger partial charge in [-0.15, -0.1) is 0 Å². The zero-order valence-electron chi connectivity index (χ0n) is 13.4. The summed E-state index contributed by atoms with van der Waals surface area (Å²) in [5, 5.41) is 7.63. The van der Waals surface area contributed by atoms with E-state index in [2.05, 4.69) is 48.3 Å². The molecule has 0 saturated carbocycles. The van der Waals surface area contributed by atoms with Crippen LogP contribution in [0, 0.1) is 5.92 Å². The predicted octanol–water partition coefficient (Wildman–Crippen LogP) is 4.26. The molecule has 1 aromatic heterocycles. The minimum Gasteiger partial charge on any atom is -0.370 e. The first-order valence-electron chi connectivity index (χ1n) is 7.52. The molecule has 2 unspecified atom stereocenters. The van der Waals surface area contributed by atoms with Crippen molar-refractivity contribution in [2.24, 2.45) is 5.92 Å². The molecule has 0 aliphatic heterocycles. The lowest BCUT2D eigenvalue weighted by Gasteiger charge is -2.18. The zero-order chi connectivity index (χ0) is 15.0. The highest BCUT2D eigenvalue weighted by Crippen LogP contribution is 2.19. The molecule has 0 aliphatic carbocycles. The van der Waals surface area contributed by atoms with E-state index in [0.717, 1.165) is 42.1 Å². The number of rotatable bonds is 9. The van der Waals surface area contributed by atoms with Crippen molar-refractivity contribution >= 4 is 23.4 Å². The quantitative estimate of drug-likeness (QED) is 0.527. The number of nitrogens with one attached hydrogen (secondary N) is 2. The number of aromatic nitrogens is 2. The third-order valence-electron chi connectivity index (χ3n) is 3.29. The summed E-state index contributed by atoms with van der Waals surface area (Å²) < 4.78 is 0. The van der Waals surface area contributed by atoms with Gasteiger partial charge in [0.2, 0.25) is 0 Å². The molecule has 2 N–H and O–H groups in total. The molecule has 0 aromatic carbocycles. The molecule has 0 aliphatic rings.